The van der Waals surface area contributed by atoms with E-state index in [4.69, 9.17) is 0 Å². The third-order valence-corrected chi connectivity index (χ3v) is 10.8. The number of benzene rings is 2. The van der Waals surface area contributed by atoms with Gasteiger partial charge in [-0.2, -0.15) is 54.1 Å². The number of aromatic nitrogens is 4. The van der Waals surface area contributed by atoms with Crippen molar-refractivity contribution in [1.29, 1.82) is 0 Å². The van der Waals surface area contributed by atoms with E-state index >= 15 is 8.78 Å². The van der Waals surface area contributed by atoms with Crippen LogP contribution in [0.15, 0.2) is 61.2 Å². The van der Waals surface area contributed by atoms with E-state index in [1.165, 1.54) is 24.3 Å². The van der Waals surface area contributed by atoms with Crippen LogP contribution in [-0.4, -0.2) is 96.4 Å². The van der Waals surface area contributed by atoms with E-state index in [1.807, 2.05) is 16.1 Å². The van der Waals surface area contributed by atoms with E-state index < -0.39 is 121 Å². The molecule has 368 valence electrons. The van der Waals surface area contributed by atoms with Gasteiger partial charge in [0.1, 0.15) is 23.7 Å². The Bertz CT molecular complexity index is 2360. The lowest BCUT2D eigenvalue weighted by atomic mass is 9.82. The molecule has 0 radical (unpaired) electrons. The zero-order valence-electron chi connectivity index (χ0n) is 36.2. The number of alkyl halides is 10. The first-order chi connectivity index (χ1) is 30.8. The van der Waals surface area contributed by atoms with Crippen molar-refractivity contribution in [3.05, 3.63) is 83.9 Å². The molecule has 2 heterocycles. The molecular weight excluding hydrogens is 926 g/mol. The molecule has 4 rings (SSSR count). The van der Waals surface area contributed by atoms with E-state index in [1.54, 1.807) is 0 Å². The van der Waals surface area contributed by atoms with Gasteiger partial charge in [-0.3, -0.25) is 24.6 Å². The number of nitrogens with zero attached hydrogens (tertiary/aromatic N) is 5. The van der Waals surface area contributed by atoms with Crippen LogP contribution in [0.4, 0.5) is 52.7 Å². The van der Waals surface area contributed by atoms with Gasteiger partial charge in [0, 0.05) is 56.0 Å². The van der Waals surface area contributed by atoms with Crippen LogP contribution >= 0.6 is 0 Å². The largest absolute Gasteiger partial charge is 0.396 e. The van der Waals surface area contributed by atoms with Crippen molar-refractivity contribution in [2.45, 2.75) is 104 Å². The predicted octanol–water partition coefficient (Wildman–Crippen LogP) is 6.59. The third kappa shape index (κ3) is 13.0. The summed E-state index contributed by atoms with van der Waals surface area (Å²) in [5.41, 5.74) is -4.71. The zero-order valence-corrected chi connectivity index (χ0v) is 36.2. The molecule has 4 atom stereocenters. The molecule has 2 aromatic carbocycles. The summed E-state index contributed by atoms with van der Waals surface area (Å²) in [5, 5.41) is 25.3. The van der Waals surface area contributed by atoms with E-state index in [0.717, 1.165) is 38.6 Å². The molecule has 0 saturated heterocycles. The number of carbonyl (C=O) groups is 4. The first-order valence-corrected chi connectivity index (χ1v) is 19.8. The Morgan fingerprint density at radius 3 is 1.51 bits per heavy atom. The Morgan fingerprint density at radius 1 is 0.672 bits per heavy atom. The Balaban J connectivity index is 1.81. The number of hydrazine groups is 1. The summed E-state index contributed by atoms with van der Waals surface area (Å²) < 4.78 is 171. The average molecular weight is 972 g/mol. The molecule has 4 aromatic rings. The van der Waals surface area contributed by atoms with E-state index in [9.17, 15) is 68.2 Å². The molecule has 2 aromatic heterocycles. The highest BCUT2D eigenvalue weighted by Crippen LogP contribution is 2.42. The number of hydrogen-bond donors (Lipinski definition) is 5. The predicted molar refractivity (Wildman–Crippen MR) is 213 cm³/mol. The topological polar surface area (TPSA) is 176 Å². The van der Waals surface area contributed by atoms with Crippen molar-refractivity contribution in [2.24, 2.45) is 10.8 Å². The Morgan fingerprint density at radius 2 is 1.10 bits per heavy atom. The normalized spacial score (nSPS) is 14.5. The van der Waals surface area contributed by atoms with Gasteiger partial charge in [0.2, 0.25) is 17.7 Å². The first-order valence-electron chi connectivity index (χ1n) is 19.8. The average Bonchev–Trinajstić information content (AvgIpc) is 3.91. The van der Waals surface area contributed by atoms with Crippen molar-refractivity contribution in [3.8, 4) is 22.3 Å². The Hall–Kier alpha value is -6.18. The first kappa shape index (κ1) is 53.4. The number of amides is 4. The monoisotopic (exact) mass is 971 g/mol. The van der Waals surface area contributed by atoms with E-state index in [2.05, 4.69) is 15.5 Å². The number of rotatable bonds is 19. The summed E-state index contributed by atoms with van der Waals surface area (Å²) in [4.78, 5) is 51.8. The smallest absolute Gasteiger partial charge is 0.390 e. The van der Waals surface area contributed by atoms with Crippen LogP contribution in [0.25, 0.3) is 22.3 Å². The highest BCUT2D eigenvalue weighted by Gasteiger charge is 2.57. The maximum absolute atomic E-state index is 15.8. The summed E-state index contributed by atoms with van der Waals surface area (Å²) in [6.07, 6.45) is -9.23. The van der Waals surface area contributed by atoms with Gasteiger partial charge in [0.15, 0.2) is 0 Å². The van der Waals surface area contributed by atoms with Gasteiger partial charge in [0.25, 0.3) is 5.91 Å². The van der Waals surface area contributed by atoms with Crippen LogP contribution in [0.3, 0.4) is 0 Å². The summed E-state index contributed by atoms with van der Waals surface area (Å²) in [7, 11) is 0. The highest BCUT2D eigenvalue weighted by molar-refractivity contribution is 5.88. The zero-order chi connectivity index (χ0) is 50.6. The molecule has 0 aliphatic carbocycles. The Labute approximate surface area is 374 Å². The molecule has 26 heteroatoms. The summed E-state index contributed by atoms with van der Waals surface area (Å²) in [6.45, 7) is -4.46. The number of aliphatic hydroxyl groups excluding tert-OH is 1. The van der Waals surface area contributed by atoms with Crippen LogP contribution in [0, 0.1) is 22.5 Å². The van der Waals surface area contributed by atoms with Crippen LogP contribution in [0.1, 0.15) is 65.8 Å². The van der Waals surface area contributed by atoms with Crippen molar-refractivity contribution in [3.63, 3.8) is 0 Å². The Kier molecular flexibility index (Phi) is 16.6. The second-order valence-electron chi connectivity index (χ2n) is 16.5. The van der Waals surface area contributed by atoms with Gasteiger partial charge in [-0.25, -0.2) is 23.2 Å². The minimum Gasteiger partial charge on any atom is -0.390 e. The molecule has 1 unspecified atom stereocenters. The van der Waals surface area contributed by atoms with Crippen LogP contribution in [-0.2, 0) is 32.1 Å². The quantitative estimate of drug-likeness (QED) is 0.0517. The van der Waals surface area contributed by atoms with Crippen molar-refractivity contribution in [1.82, 2.24) is 45.9 Å². The molecule has 4 amide bonds. The fourth-order valence-corrected chi connectivity index (χ4v) is 6.54. The lowest BCUT2D eigenvalue weighted by molar-refractivity contribution is -0.222. The van der Waals surface area contributed by atoms with Gasteiger partial charge in [0.05, 0.1) is 35.4 Å². The summed E-state index contributed by atoms with van der Waals surface area (Å²) in [5.74, 6) is -8.21. The van der Waals surface area contributed by atoms with E-state index in [0.29, 0.717) is 55.1 Å². The lowest BCUT2D eigenvalue weighted by Crippen LogP contribution is -2.63. The lowest BCUT2D eigenvalue weighted by Gasteiger charge is -2.38. The number of nitrogens with one attached hydrogen (secondary N) is 4. The number of aliphatic hydroxyl groups is 1. The molecule has 0 aliphatic rings. The number of carbonyl (C=O) groups excluding carboxylic acids is 4. The molecule has 0 aliphatic heterocycles. The minimum absolute atomic E-state index is 0.182. The maximum atomic E-state index is 15.8. The molecule has 0 fully saturated rings. The number of halogens is 12. The molecule has 0 spiro atoms. The van der Waals surface area contributed by atoms with Gasteiger partial charge >= 0.3 is 25.5 Å². The van der Waals surface area contributed by atoms with E-state index in [-0.39, 0.29) is 26.9 Å². The fraction of sp³-hybridized carbons (Fsp3) is 0.463. The molecule has 5 N–H and O–H groups in total. The second-order valence-corrected chi connectivity index (χ2v) is 16.5. The second kappa shape index (κ2) is 20.8. The van der Waals surface area contributed by atoms with Crippen molar-refractivity contribution in [2.75, 3.05) is 6.54 Å². The SMILES string of the molecule is CC(=O)NC(C(=O)N[C@@H](Cc1ccc(-c2cnn(C(F)F)c2)cc1)[C@@H](O)CN(Cc1c(F)cc(-c2cnn(C(F)F)c2)cc1F)NC(=O)[C@@H](NC(C)=O)C(C)(C)C(F)(F)F)C(C)(C)C(F)(F)F. The molecule has 0 bridgehead atoms. The fourth-order valence-electron chi connectivity index (χ4n) is 6.54. The van der Waals surface area contributed by atoms with Gasteiger partial charge < -0.3 is 21.1 Å². The minimum atomic E-state index is -5.18. The summed E-state index contributed by atoms with van der Waals surface area (Å²) in [6, 6.07) is 0.241. The third-order valence-electron chi connectivity index (χ3n) is 10.8. The van der Waals surface area contributed by atoms with Crippen LogP contribution < -0.4 is 21.4 Å². The molecule has 0 saturated carbocycles. The molecule has 67 heavy (non-hydrogen) atoms. The molecule has 14 nitrogen and oxygen atoms in total. The van der Waals surface area contributed by atoms with Crippen molar-refractivity contribution < 1.29 is 77.0 Å². The van der Waals surface area contributed by atoms with Crippen LogP contribution in [0.2, 0.25) is 0 Å². The standard InChI is InChI=1S/C41H45F12N9O5/c1-20(63)56-32(38(3,4)40(48,49)50)34(66)58-30(11-22-7-9-23(10-8-22)25-14-54-61(16-25)36(44)45)31(65)19-60(59-35(67)33(57-21(2)64)39(5,6)41(51,52)53)18-27-28(42)12-24(13-29(27)43)26-15-55-62(17-26)37(46)47/h7-10,12-17,30-33,36-37,65H,11,18-19H2,1-6H3,(H,56,63)(H,57,64)(H,58,66)(H,59,67)/t30-,31-,32?,33+/m0/s1. The molecular formula is C41H45F12N9O5. The number of hydrogen-bond acceptors (Lipinski definition) is 8. The van der Waals surface area contributed by atoms with Gasteiger partial charge in [-0.1, -0.05) is 24.3 Å². The van der Waals surface area contributed by atoms with Gasteiger partial charge in [-0.05, 0) is 62.9 Å². The summed E-state index contributed by atoms with van der Waals surface area (Å²) >= 11 is 0. The maximum Gasteiger partial charge on any atom is 0.396 e. The van der Waals surface area contributed by atoms with Crippen molar-refractivity contribution >= 4 is 23.6 Å². The highest BCUT2D eigenvalue weighted by atomic mass is 19.4. The van der Waals surface area contributed by atoms with Crippen LogP contribution in [0.5, 0.6) is 0 Å². The van der Waals surface area contributed by atoms with Gasteiger partial charge in [-0.15, -0.1) is 0 Å².